The second-order valence-electron chi connectivity index (χ2n) is 7.84. The van der Waals surface area contributed by atoms with Crippen LogP contribution in [0.15, 0.2) is 60.7 Å². The number of nitrogens with one attached hydrogen (secondary N) is 3. The molecule has 0 bridgehead atoms. The van der Waals surface area contributed by atoms with Gasteiger partial charge in [0.05, 0.1) is 12.1 Å². The van der Waals surface area contributed by atoms with E-state index in [4.69, 9.17) is 0 Å². The zero-order chi connectivity index (χ0) is 22.1. The first-order valence-corrected chi connectivity index (χ1v) is 9.85. The number of amides is 3. The quantitative estimate of drug-likeness (QED) is 0.501. The number of benzene rings is 2. The van der Waals surface area contributed by atoms with Gasteiger partial charge in [0.2, 0.25) is 11.8 Å². The summed E-state index contributed by atoms with van der Waals surface area (Å²) in [6.07, 6.45) is 0.279. The predicted octanol–water partition coefficient (Wildman–Crippen LogP) is 1.42. The van der Waals surface area contributed by atoms with Crippen LogP contribution >= 0.6 is 0 Å². The lowest BCUT2D eigenvalue weighted by Crippen LogP contribution is -2.56. The van der Waals surface area contributed by atoms with Crippen molar-refractivity contribution in [2.75, 3.05) is 6.61 Å². The molecule has 0 aromatic heterocycles. The van der Waals surface area contributed by atoms with Gasteiger partial charge in [0.15, 0.2) is 0 Å². The molecule has 7 nitrogen and oxygen atoms in total. The minimum Gasteiger partial charge on any atom is -0.394 e. The topological polar surface area (TPSA) is 108 Å². The molecule has 0 saturated carbocycles. The van der Waals surface area contributed by atoms with Crippen LogP contribution in [0.1, 0.15) is 36.7 Å². The summed E-state index contributed by atoms with van der Waals surface area (Å²) in [5.74, 6) is -1.26. The van der Waals surface area contributed by atoms with Gasteiger partial charge in [-0.05, 0) is 38.5 Å². The standard InChI is InChI=1S/C23H29N3O4/c1-16(20(28)26-23(2,3)15-27)24-22(30)19(14-17-10-6-4-7-11-17)25-21(29)18-12-8-5-9-13-18/h4-13,16,19,27H,14-15H2,1-3H3,(H,24,30)(H,25,29)(H,26,28)/t16-,19+/m0/s1. The maximum Gasteiger partial charge on any atom is 0.251 e. The molecule has 0 unspecified atom stereocenters. The number of carbonyl (C=O) groups excluding carboxylic acids is 3. The Bertz CT molecular complexity index is 853. The van der Waals surface area contributed by atoms with Crippen molar-refractivity contribution in [2.24, 2.45) is 0 Å². The Morgan fingerprint density at radius 2 is 1.47 bits per heavy atom. The van der Waals surface area contributed by atoms with Crippen LogP contribution in [-0.4, -0.2) is 47.1 Å². The molecule has 3 amide bonds. The van der Waals surface area contributed by atoms with Crippen LogP contribution in [0.25, 0.3) is 0 Å². The molecule has 2 atom stereocenters. The molecule has 4 N–H and O–H groups in total. The second kappa shape index (κ2) is 10.5. The molecule has 2 aromatic carbocycles. The van der Waals surface area contributed by atoms with E-state index >= 15 is 0 Å². The van der Waals surface area contributed by atoms with E-state index in [1.54, 1.807) is 51.1 Å². The number of hydrogen-bond acceptors (Lipinski definition) is 4. The van der Waals surface area contributed by atoms with E-state index in [-0.39, 0.29) is 18.9 Å². The van der Waals surface area contributed by atoms with Gasteiger partial charge in [-0.3, -0.25) is 14.4 Å². The van der Waals surface area contributed by atoms with Crippen molar-refractivity contribution in [1.82, 2.24) is 16.0 Å². The zero-order valence-electron chi connectivity index (χ0n) is 17.5. The molecule has 2 aromatic rings. The lowest BCUT2D eigenvalue weighted by atomic mass is 10.0. The minimum absolute atomic E-state index is 0.233. The smallest absolute Gasteiger partial charge is 0.251 e. The maximum absolute atomic E-state index is 12.9. The van der Waals surface area contributed by atoms with Crippen LogP contribution in [0.5, 0.6) is 0 Å². The Hall–Kier alpha value is -3.19. The highest BCUT2D eigenvalue weighted by molar-refractivity contribution is 5.98. The predicted molar refractivity (Wildman–Crippen MR) is 115 cm³/mol. The molecule has 0 heterocycles. The van der Waals surface area contributed by atoms with Gasteiger partial charge in [-0.25, -0.2) is 0 Å². The summed E-state index contributed by atoms with van der Waals surface area (Å²) in [5.41, 5.74) is 0.518. The van der Waals surface area contributed by atoms with Gasteiger partial charge in [-0.15, -0.1) is 0 Å². The molecule has 0 saturated heterocycles. The lowest BCUT2D eigenvalue weighted by Gasteiger charge is -2.27. The molecule has 7 heteroatoms. The highest BCUT2D eigenvalue weighted by Crippen LogP contribution is 2.07. The van der Waals surface area contributed by atoms with Crippen molar-refractivity contribution in [3.63, 3.8) is 0 Å². The Kier molecular flexibility index (Phi) is 8.12. The third-order valence-electron chi connectivity index (χ3n) is 4.55. The first-order valence-electron chi connectivity index (χ1n) is 9.85. The van der Waals surface area contributed by atoms with E-state index in [1.807, 2.05) is 30.3 Å². The van der Waals surface area contributed by atoms with Crippen LogP contribution in [0.2, 0.25) is 0 Å². The Labute approximate surface area is 176 Å². The fourth-order valence-corrected chi connectivity index (χ4v) is 2.75. The van der Waals surface area contributed by atoms with Crippen molar-refractivity contribution < 1.29 is 19.5 Å². The van der Waals surface area contributed by atoms with Crippen molar-refractivity contribution in [3.8, 4) is 0 Å². The average molecular weight is 412 g/mol. The number of aliphatic hydroxyl groups excluding tert-OH is 1. The van der Waals surface area contributed by atoms with Gasteiger partial charge < -0.3 is 21.1 Å². The SMILES string of the molecule is C[C@H](NC(=O)[C@@H](Cc1ccccc1)NC(=O)c1ccccc1)C(=O)NC(C)(C)CO. The summed E-state index contributed by atoms with van der Waals surface area (Å²) in [6.45, 7) is 4.68. The van der Waals surface area contributed by atoms with Gasteiger partial charge in [0.1, 0.15) is 12.1 Å². The van der Waals surface area contributed by atoms with Crippen molar-refractivity contribution >= 4 is 17.7 Å². The number of carbonyl (C=O) groups is 3. The van der Waals surface area contributed by atoms with E-state index in [0.29, 0.717) is 5.56 Å². The van der Waals surface area contributed by atoms with Gasteiger partial charge in [0.25, 0.3) is 5.91 Å². The van der Waals surface area contributed by atoms with Crippen molar-refractivity contribution in [3.05, 3.63) is 71.8 Å². The first-order chi connectivity index (χ1) is 14.2. The Morgan fingerprint density at radius 1 is 0.900 bits per heavy atom. The maximum atomic E-state index is 12.9. The van der Waals surface area contributed by atoms with Gasteiger partial charge in [-0.2, -0.15) is 0 Å². The van der Waals surface area contributed by atoms with Crippen LogP contribution in [0, 0.1) is 0 Å². The summed E-state index contributed by atoms with van der Waals surface area (Å²) in [4.78, 5) is 37.9. The Balaban J connectivity index is 2.11. The third kappa shape index (κ3) is 7.00. The molecule has 0 aliphatic carbocycles. The Morgan fingerprint density at radius 3 is 2.03 bits per heavy atom. The minimum atomic E-state index is -0.860. The molecular weight excluding hydrogens is 382 g/mol. The summed E-state index contributed by atoms with van der Waals surface area (Å²) in [6, 6.07) is 16.3. The van der Waals surface area contributed by atoms with Crippen LogP contribution in [-0.2, 0) is 16.0 Å². The van der Waals surface area contributed by atoms with E-state index < -0.39 is 29.4 Å². The first kappa shape index (κ1) is 23.1. The normalized spacial score (nSPS) is 13.1. The van der Waals surface area contributed by atoms with Gasteiger partial charge in [0, 0.05) is 12.0 Å². The highest BCUT2D eigenvalue weighted by Gasteiger charge is 2.27. The van der Waals surface area contributed by atoms with Crippen LogP contribution in [0.4, 0.5) is 0 Å². The molecule has 2 rings (SSSR count). The van der Waals surface area contributed by atoms with E-state index in [1.165, 1.54) is 0 Å². The van der Waals surface area contributed by atoms with Crippen LogP contribution < -0.4 is 16.0 Å². The monoisotopic (exact) mass is 411 g/mol. The van der Waals surface area contributed by atoms with Crippen molar-refractivity contribution in [2.45, 2.75) is 44.8 Å². The van der Waals surface area contributed by atoms with Gasteiger partial charge in [-0.1, -0.05) is 48.5 Å². The van der Waals surface area contributed by atoms with Gasteiger partial charge >= 0.3 is 0 Å². The molecule has 0 spiro atoms. The molecule has 30 heavy (non-hydrogen) atoms. The molecule has 0 fully saturated rings. The lowest BCUT2D eigenvalue weighted by molar-refractivity contribution is -0.130. The fourth-order valence-electron chi connectivity index (χ4n) is 2.75. The van der Waals surface area contributed by atoms with E-state index in [0.717, 1.165) is 5.56 Å². The number of aliphatic hydroxyl groups is 1. The molecule has 160 valence electrons. The van der Waals surface area contributed by atoms with Crippen LogP contribution in [0.3, 0.4) is 0 Å². The summed E-state index contributed by atoms with van der Waals surface area (Å²) in [7, 11) is 0. The zero-order valence-corrected chi connectivity index (χ0v) is 17.5. The second-order valence-corrected chi connectivity index (χ2v) is 7.84. The molecule has 0 radical (unpaired) electrons. The molecular formula is C23H29N3O4. The number of hydrogen-bond donors (Lipinski definition) is 4. The summed E-state index contributed by atoms with van der Waals surface area (Å²) >= 11 is 0. The molecule has 0 aliphatic rings. The van der Waals surface area contributed by atoms with E-state index in [2.05, 4.69) is 16.0 Å². The highest BCUT2D eigenvalue weighted by atomic mass is 16.3. The molecule has 0 aliphatic heterocycles. The van der Waals surface area contributed by atoms with E-state index in [9.17, 15) is 19.5 Å². The fraction of sp³-hybridized carbons (Fsp3) is 0.348. The third-order valence-corrected chi connectivity index (χ3v) is 4.55. The number of rotatable bonds is 9. The summed E-state index contributed by atoms with van der Waals surface area (Å²) in [5, 5.41) is 17.4. The average Bonchev–Trinajstić information content (AvgIpc) is 2.74. The largest absolute Gasteiger partial charge is 0.394 e. The van der Waals surface area contributed by atoms with Crippen molar-refractivity contribution in [1.29, 1.82) is 0 Å². The summed E-state index contributed by atoms with van der Waals surface area (Å²) < 4.78 is 0.